The summed E-state index contributed by atoms with van der Waals surface area (Å²) in [4.78, 5) is 45.6. The van der Waals surface area contributed by atoms with Gasteiger partial charge < -0.3 is 19.3 Å². The molecule has 1 aliphatic rings. The summed E-state index contributed by atoms with van der Waals surface area (Å²) in [5.41, 5.74) is 4.26. The van der Waals surface area contributed by atoms with E-state index in [2.05, 4.69) is 4.98 Å². The summed E-state index contributed by atoms with van der Waals surface area (Å²) < 4.78 is 16.8. The van der Waals surface area contributed by atoms with Gasteiger partial charge in [0.15, 0.2) is 5.13 Å². The van der Waals surface area contributed by atoms with E-state index in [4.69, 9.17) is 14.2 Å². The molecule has 0 radical (unpaired) electrons. The van der Waals surface area contributed by atoms with E-state index in [0.717, 1.165) is 28.0 Å². The van der Waals surface area contributed by atoms with Crippen molar-refractivity contribution in [2.45, 2.75) is 33.1 Å². The Kier molecular flexibility index (Phi) is 9.36. The van der Waals surface area contributed by atoms with E-state index < -0.39 is 23.7 Å². The van der Waals surface area contributed by atoms with Gasteiger partial charge in [0.1, 0.15) is 35.3 Å². The average Bonchev–Trinajstić information content (AvgIpc) is 3.62. The second-order valence-corrected chi connectivity index (χ2v) is 12.2. The number of aliphatic hydroxyl groups excluding tert-OH is 1. The first-order valence-electron chi connectivity index (χ1n) is 15.2. The van der Waals surface area contributed by atoms with Crippen molar-refractivity contribution in [3.8, 4) is 11.5 Å². The maximum absolute atomic E-state index is 13.7. The van der Waals surface area contributed by atoms with Crippen LogP contribution in [0.15, 0.2) is 109 Å². The van der Waals surface area contributed by atoms with Crippen LogP contribution in [0.1, 0.15) is 49.2 Å². The minimum atomic E-state index is -1.04. The zero-order valence-corrected chi connectivity index (χ0v) is 27.3. The quantitative estimate of drug-likeness (QED) is 0.0717. The largest absolute Gasteiger partial charge is 0.507 e. The first-order valence-corrected chi connectivity index (χ1v) is 16.0. The molecule has 0 saturated carbocycles. The Morgan fingerprint density at radius 2 is 1.46 bits per heavy atom. The van der Waals surface area contributed by atoms with Crippen molar-refractivity contribution in [1.82, 2.24) is 4.98 Å². The number of aromatic nitrogens is 1. The van der Waals surface area contributed by atoms with Gasteiger partial charge in [-0.1, -0.05) is 83.6 Å². The van der Waals surface area contributed by atoms with E-state index in [-0.39, 0.29) is 21.3 Å². The summed E-state index contributed by atoms with van der Waals surface area (Å²) in [7, 11) is 1.26. The highest BCUT2D eigenvalue weighted by Crippen LogP contribution is 2.44. The zero-order valence-electron chi connectivity index (χ0n) is 26.5. The molecule has 1 atom stereocenters. The number of rotatable bonds is 10. The second-order valence-electron chi connectivity index (χ2n) is 11.2. The number of amides is 1. The third-order valence-electron chi connectivity index (χ3n) is 7.87. The number of nitrogens with zero attached hydrogens (tertiary/aromatic N) is 2. The van der Waals surface area contributed by atoms with Crippen molar-refractivity contribution in [2.75, 3.05) is 12.0 Å². The van der Waals surface area contributed by atoms with Crippen molar-refractivity contribution >= 4 is 39.9 Å². The molecule has 6 rings (SSSR count). The van der Waals surface area contributed by atoms with Gasteiger partial charge in [0.2, 0.25) is 0 Å². The smallest absolute Gasteiger partial charge is 0.350 e. The molecule has 48 heavy (non-hydrogen) atoms. The highest BCUT2D eigenvalue weighted by Gasteiger charge is 2.48. The molecule has 1 amide bonds. The van der Waals surface area contributed by atoms with Gasteiger partial charge in [0, 0.05) is 5.56 Å². The van der Waals surface area contributed by atoms with Gasteiger partial charge >= 0.3 is 11.9 Å². The molecule has 0 spiro atoms. The molecule has 1 fully saturated rings. The van der Waals surface area contributed by atoms with Gasteiger partial charge in [-0.2, -0.15) is 0 Å². The van der Waals surface area contributed by atoms with E-state index in [1.54, 1.807) is 55.5 Å². The third kappa shape index (κ3) is 6.70. The molecule has 242 valence electrons. The van der Waals surface area contributed by atoms with Crippen LogP contribution in [0, 0.1) is 13.8 Å². The van der Waals surface area contributed by atoms with Crippen molar-refractivity contribution in [3.05, 3.63) is 147 Å². The minimum absolute atomic E-state index is 0.112. The first kappa shape index (κ1) is 32.2. The summed E-state index contributed by atoms with van der Waals surface area (Å²) in [5, 5.41) is 11.7. The van der Waals surface area contributed by atoms with E-state index in [0.29, 0.717) is 41.5 Å². The number of Topliss-reactive ketones (excluding diaryl/α,β-unsaturated/α-hetero) is 1. The van der Waals surface area contributed by atoms with Crippen LogP contribution in [-0.2, 0) is 27.5 Å². The molecule has 2 heterocycles. The Morgan fingerprint density at radius 1 is 0.833 bits per heavy atom. The Morgan fingerprint density at radius 3 is 2.10 bits per heavy atom. The van der Waals surface area contributed by atoms with E-state index in [1.165, 1.54) is 12.0 Å². The molecule has 1 aliphatic heterocycles. The number of ketones is 1. The van der Waals surface area contributed by atoms with Crippen LogP contribution < -0.4 is 14.4 Å². The number of anilines is 1. The van der Waals surface area contributed by atoms with E-state index in [9.17, 15) is 19.5 Å². The highest BCUT2D eigenvalue weighted by molar-refractivity contribution is 7.17. The Hall–Kier alpha value is -5.74. The normalized spacial score (nSPS) is 15.4. The first-order chi connectivity index (χ1) is 23.2. The van der Waals surface area contributed by atoms with Crippen LogP contribution in [0.25, 0.3) is 5.76 Å². The number of ether oxygens (including phenoxy) is 3. The molecule has 5 aromatic rings. The molecule has 1 N–H and O–H groups in total. The molecular weight excluding hydrogens is 628 g/mol. The Balaban J connectivity index is 1.34. The predicted molar refractivity (Wildman–Crippen MR) is 182 cm³/mol. The van der Waals surface area contributed by atoms with E-state index in [1.807, 2.05) is 61.5 Å². The molecule has 0 bridgehead atoms. The Bertz CT molecular complexity index is 2000. The van der Waals surface area contributed by atoms with Gasteiger partial charge in [-0.3, -0.25) is 14.5 Å². The lowest BCUT2D eigenvalue weighted by molar-refractivity contribution is -0.132. The lowest BCUT2D eigenvalue weighted by Gasteiger charge is -2.23. The summed E-state index contributed by atoms with van der Waals surface area (Å²) in [5.74, 6) is -1.56. The fraction of sp³-hybridized carbons (Fsp3) is 0.158. The van der Waals surface area contributed by atoms with Gasteiger partial charge in [0.05, 0.1) is 24.4 Å². The number of methoxy groups -OCH3 is 1. The summed E-state index contributed by atoms with van der Waals surface area (Å²) >= 11 is 0.940. The number of carbonyl (C=O) groups excluding carboxylic acids is 3. The number of hydrogen-bond donors (Lipinski definition) is 1. The lowest BCUT2D eigenvalue weighted by atomic mass is 9.95. The monoisotopic (exact) mass is 660 g/mol. The molecule has 1 unspecified atom stereocenters. The maximum Gasteiger partial charge on any atom is 0.350 e. The third-order valence-corrected chi connectivity index (χ3v) is 9.00. The van der Waals surface area contributed by atoms with Crippen LogP contribution in [0.4, 0.5) is 5.13 Å². The van der Waals surface area contributed by atoms with Gasteiger partial charge in [0.25, 0.3) is 5.78 Å². The number of aryl methyl sites for hydroxylation is 2. The zero-order chi connectivity index (χ0) is 33.8. The van der Waals surface area contributed by atoms with Crippen molar-refractivity contribution in [3.63, 3.8) is 0 Å². The topological polar surface area (TPSA) is 115 Å². The second kappa shape index (κ2) is 13.9. The van der Waals surface area contributed by atoms with Gasteiger partial charge in [-0.15, -0.1) is 0 Å². The van der Waals surface area contributed by atoms with Gasteiger partial charge in [-0.25, -0.2) is 9.78 Å². The van der Waals surface area contributed by atoms with Crippen LogP contribution in [0.5, 0.6) is 11.5 Å². The SMILES string of the molecule is COC(=O)c1sc(N2C(=O)C(=O)/C(=C(/O)c3ccc(OCc4cccc(C)c4)cc3)C2c2ccc(OCc3ccccc3)cc2)nc1C. The summed E-state index contributed by atoms with van der Waals surface area (Å²) in [6.07, 6.45) is 0. The van der Waals surface area contributed by atoms with E-state index >= 15 is 0 Å². The maximum atomic E-state index is 13.7. The van der Waals surface area contributed by atoms with Crippen LogP contribution in [0.2, 0.25) is 0 Å². The average molecular weight is 661 g/mol. The Labute approximate surface area is 281 Å². The standard InChI is InChI=1S/C38H32N2O7S/c1-23-8-7-11-26(20-23)22-47-30-18-14-28(15-19-30)33(41)31-32(27-12-16-29(17-13-27)46-21-25-9-5-4-6-10-25)40(36(43)34(31)42)38-39-24(2)35(48-38)37(44)45-3/h4-20,32,41H,21-22H2,1-3H3/b33-31+. The predicted octanol–water partition coefficient (Wildman–Crippen LogP) is 7.33. The number of benzene rings is 4. The highest BCUT2D eigenvalue weighted by atomic mass is 32.1. The molecule has 10 heteroatoms. The van der Waals surface area contributed by atoms with Crippen molar-refractivity contribution in [1.29, 1.82) is 0 Å². The molecule has 1 saturated heterocycles. The number of hydrogen-bond acceptors (Lipinski definition) is 9. The molecule has 9 nitrogen and oxygen atoms in total. The number of esters is 1. The minimum Gasteiger partial charge on any atom is -0.507 e. The number of thiazole rings is 1. The molecule has 1 aromatic heterocycles. The van der Waals surface area contributed by atoms with Crippen LogP contribution >= 0.6 is 11.3 Å². The molecule has 4 aromatic carbocycles. The lowest BCUT2D eigenvalue weighted by Crippen LogP contribution is -2.29. The van der Waals surface area contributed by atoms with Crippen LogP contribution in [-0.4, -0.2) is 34.9 Å². The van der Waals surface area contributed by atoms with Crippen molar-refractivity contribution in [2.24, 2.45) is 0 Å². The summed E-state index contributed by atoms with van der Waals surface area (Å²) in [6, 6.07) is 30.3. The van der Waals surface area contributed by atoms with Gasteiger partial charge in [-0.05, 0) is 66.9 Å². The molecular formula is C38H32N2O7S. The summed E-state index contributed by atoms with van der Waals surface area (Å²) in [6.45, 7) is 4.36. The number of aliphatic hydroxyl groups is 1. The fourth-order valence-electron chi connectivity index (χ4n) is 5.43. The van der Waals surface area contributed by atoms with Crippen molar-refractivity contribution < 1.29 is 33.7 Å². The number of carbonyl (C=O) groups is 3. The fourth-order valence-corrected chi connectivity index (χ4v) is 6.44. The molecule has 0 aliphatic carbocycles. The van der Waals surface area contributed by atoms with Crippen LogP contribution in [0.3, 0.4) is 0 Å².